The maximum atomic E-state index is 5.83. The van der Waals surface area contributed by atoms with E-state index in [0.717, 1.165) is 5.75 Å². The van der Waals surface area contributed by atoms with E-state index < -0.39 is 0 Å². The number of ether oxygens (including phenoxy) is 2. The average molecular weight is 403 g/mol. The van der Waals surface area contributed by atoms with Crippen molar-refractivity contribution >= 4 is 29.9 Å². The molecule has 0 aliphatic heterocycles. The fourth-order valence-corrected chi connectivity index (χ4v) is 1.57. The molecule has 0 amide bonds. The largest absolute Gasteiger partial charge is 0.493 e. The van der Waals surface area contributed by atoms with E-state index in [1.807, 2.05) is 31.2 Å². The third-order valence-corrected chi connectivity index (χ3v) is 2.54. The van der Waals surface area contributed by atoms with Crippen LogP contribution in [0, 0.1) is 12.3 Å². The molecule has 0 spiro atoms. The summed E-state index contributed by atoms with van der Waals surface area (Å²) in [6, 6.07) is 7.55. The molecule has 21 heavy (non-hydrogen) atoms. The molecule has 5 nitrogen and oxygen atoms in total. The zero-order valence-corrected chi connectivity index (χ0v) is 14.9. The molecule has 1 rings (SSSR count). The monoisotopic (exact) mass is 403 g/mol. The third kappa shape index (κ3) is 7.09. The highest BCUT2D eigenvalue weighted by atomic mass is 127. The van der Waals surface area contributed by atoms with Crippen LogP contribution in [0.4, 0.5) is 0 Å². The van der Waals surface area contributed by atoms with Crippen molar-refractivity contribution in [2.75, 3.05) is 27.2 Å². The maximum Gasteiger partial charge on any atom is 0.191 e. The molecule has 2 N–H and O–H groups in total. The summed E-state index contributed by atoms with van der Waals surface area (Å²) in [6.07, 6.45) is 5.14. The Balaban J connectivity index is 0.00000400. The summed E-state index contributed by atoms with van der Waals surface area (Å²) in [4.78, 5) is 4.06. The Labute approximate surface area is 143 Å². The minimum absolute atomic E-state index is 0. The van der Waals surface area contributed by atoms with Crippen molar-refractivity contribution in [1.82, 2.24) is 10.6 Å². The number of aliphatic imine (C=N–C) groups is 1. The summed E-state index contributed by atoms with van der Waals surface area (Å²) < 4.78 is 11.1. The van der Waals surface area contributed by atoms with Crippen molar-refractivity contribution in [2.45, 2.75) is 13.0 Å². The normalized spacial score (nSPS) is 11.6. The second-order valence-electron chi connectivity index (χ2n) is 4.09. The number of nitrogens with zero attached hydrogens (tertiary/aromatic N) is 1. The topological polar surface area (TPSA) is 54.9 Å². The Kier molecular flexibility index (Phi) is 10.2. The number of para-hydroxylation sites is 2. The average Bonchev–Trinajstić information content (AvgIpc) is 2.48. The summed E-state index contributed by atoms with van der Waals surface area (Å²) in [6.45, 7) is 3.00. The maximum absolute atomic E-state index is 5.83. The molecule has 0 bridgehead atoms. The van der Waals surface area contributed by atoms with Crippen LogP contribution in [0.1, 0.15) is 6.92 Å². The van der Waals surface area contributed by atoms with Crippen LogP contribution in [0.5, 0.6) is 11.5 Å². The predicted octanol–water partition coefficient (Wildman–Crippen LogP) is 1.88. The Bertz CT molecular complexity index is 486. The summed E-state index contributed by atoms with van der Waals surface area (Å²) in [5.74, 6) is 4.58. The summed E-state index contributed by atoms with van der Waals surface area (Å²) in [7, 11) is 3.31. The van der Waals surface area contributed by atoms with Gasteiger partial charge in [-0.1, -0.05) is 18.1 Å². The number of hydrogen-bond acceptors (Lipinski definition) is 3. The highest BCUT2D eigenvalue weighted by molar-refractivity contribution is 14.0. The highest BCUT2D eigenvalue weighted by Gasteiger charge is 2.08. The molecule has 0 aliphatic rings. The van der Waals surface area contributed by atoms with Crippen molar-refractivity contribution in [3.63, 3.8) is 0 Å². The molecule has 6 heteroatoms. The fraction of sp³-hybridized carbons (Fsp3) is 0.400. The van der Waals surface area contributed by atoms with E-state index in [4.69, 9.17) is 15.9 Å². The van der Waals surface area contributed by atoms with Crippen molar-refractivity contribution in [3.8, 4) is 23.8 Å². The van der Waals surface area contributed by atoms with Crippen LogP contribution >= 0.6 is 24.0 Å². The van der Waals surface area contributed by atoms with E-state index in [2.05, 4.69) is 21.5 Å². The molecular weight excluding hydrogens is 381 g/mol. The fourth-order valence-electron chi connectivity index (χ4n) is 1.57. The van der Waals surface area contributed by atoms with Gasteiger partial charge in [-0.2, -0.15) is 0 Å². The SMILES string of the molecule is C#CCNC(=NC)NCC(C)Oc1ccccc1OC.I. The summed E-state index contributed by atoms with van der Waals surface area (Å²) in [5.41, 5.74) is 0. The van der Waals surface area contributed by atoms with Crippen LogP contribution < -0.4 is 20.1 Å². The van der Waals surface area contributed by atoms with Crippen LogP contribution in [0.25, 0.3) is 0 Å². The smallest absolute Gasteiger partial charge is 0.191 e. The van der Waals surface area contributed by atoms with Crippen LogP contribution in [-0.2, 0) is 0 Å². The lowest BCUT2D eigenvalue weighted by molar-refractivity contribution is 0.213. The Hall–Kier alpha value is -1.62. The van der Waals surface area contributed by atoms with Gasteiger partial charge in [0.1, 0.15) is 6.10 Å². The van der Waals surface area contributed by atoms with Crippen LogP contribution in [0.15, 0.2) is 29.3 Å². The van der Waals surface area contributed by atoms with E-state index in [9.17, 15) is 0 Å². The molecule has 0 radical (unpaired) electrons. The van der Waals surface area contributed by atoms with E-state index in [1.165, 1.54) is 0 Å². The number of rotatable bonds is 6. The number of hydrogen-bond donors (Lipinski definition) is 2. The number of benzene rings is 1. The van der Waals surface area contributed by atoms with Crippen molar-refractivity contribution in [1.29, 1.82) is 0 Å². The van der Waals surface area contributed by atoms with Crippen LogP contribution in [-0.4, -0.2) is 39.3 Å². The summed E-state index contributed by atoms with van der Waals surface area (Å²) in [5, 5.41) is 6.12. The van der Waals surface area contributed by atoms with Crippen molar-refractivity contribution < 1.29 is 9.47 Å². The molecule has 1 aromatic carbocycles. The van der Waals surface area contributed by atoms with E-state index in [-0.39, 0.29) is 30.1 Å². The minimum Gasteiger partial charge on any atom is -0.493 e. The predicted molar refractivity (Wildman–Crippen MR) is 96.7 cm³/mol. The molecular formula is C15H22IN3O2. The van der Waals surface area contributed by atoms with Crippen molar-refractivity contribution in [2.24, 2.45) is 4.99 Å². The van der Waals surface area contributed by atoms with Crippen LogP contribution in [0.2, 0.25) is 0 Å². The molecule has 1 atom stereocenters. The quantitative estimate of drug-likeness (QED) is 0.330. The lowest BCUT2D eigenvalue weighted by Gasteiger charge is -2.18. The number of methoxy groups -OCH3 is 1. The molecule has 0 saturated heterocycles. The summed E-state index contributed by atoms with van der Waals surface area (Å²) >= 11 is 0. The first-order valence-corrected chi connectivity index (χ1v) is 6.39. The lowest BCUT2D eigenvalue weighted by Crippen LogP contribution is -2.41. The zero-order valence-electron chi connectivity index (χ0n) is 12.6. The van der Waals surface area contributed by atoms with Gasteiger partial charge >= 0.3 is 0 Å². The molecule has 116 valence electrons. The number of halogens is 1. The number of guanidine groups is 1. The number of nitrogens with one attached hydrogen (secondary N) is 2. The van der Waals surface area contributed by atoms with Gasteiger partial charge in [-0.3, -0.25) is 4.99 Å². The molecule has 1 unspecified atom stereocenters. The van der Waals surface area contributed by atoms with Gasteiger partial charge in [0.2, 0.25) is 0 Å². The first-order chi connectivity index (χ1) is 9.71. The van der Waals surface area contributed by atoms with Crippen molar-refractivity contribution in [3.05, 3.63) is 24.3 Å². The van der Waals surface area contributed by atoms with Gasteiger partial charge in [0.15, 0.2) is 17.5 Å². The highest BCUT2D eigenvalue weighted by Crippen LogP contribution is 2.26. The van der Waals surface area contributed by atoms with E-state index in [0.29, 0.717) is 24.8 Å². The zero-order chi connectivity index (χ0) is 14.8. The first-order valence-electron chi connectivity index (χ1n) is 6.39. The molecule has 1 aromatic rings. The first kappa shape index (κ1) is 19.4. The van der Waals surface area contributed by atoms with Gasteiger partial charge in [-0.15, -0.1) is 30.4 Å². The Morgan fingerprint density at radius 2 is 2.00 bits per heavy atom. The van der Waals surface area contributed by atoms with Gasteiger partial charge in [-0.05, 0) is 19.1 Å². The second-order valence-corrected chi connectivity index (χ2v) is 4.09. The molecule has 0 heterocycles. The minimum atomic E-state index is -0.0457. The molecule has 0 fully saturated rings. The van der Waals surface area contributed by atoms with Gasteiger partial charge < -0.3 is 20.1 Å². The molecule has 0 aromatic heterocycles. The Morgan fingerprint density at radius 3 is 2.57 bits per heavy atom. The van der Waals surface area contributed by atoms with Crippen LogP contribution in [0.3, 0.4) is 0 Å². The number of terminal acetylenes is 1. The third-order valence-electron chi connectivity index (χ3n) is 2.54. The van der Waals surface area contributed by atoms with Gasteiger partial charge in [0.25, 0.3) is 0 Å². The van der Waals surface area contributed by atoms with E-state index in [1.54, 1.807) is 14.2 Å². The Morgan fingerprint density at radius 1 is 1.33 bits per heavy atom. The second kappa shape index (κ2) is 11.1. The van der Waals surface area contributed by atoms with Gasteiger partial charge in [0.05, 0.1) is 20.2 Å². The lowest BCUT2D eigenvalue weighted by atomic mass is 10.3. The van der Waals surface area contributed by atoms with Gasteiger partial charge in [-0.25, -0.2) is 0 Å². The van der Waals surface area contributed by atoms with Gasteiger partial charge in [0, 0.05) is 7.05 Å². The van der Waals surface area contributed by atoms with E-state index >= 15 is 0 Å². The molecule has 0 saturated carbocycles. The molecule has 0 aliphatic carbocycles. The standard InChI is InChI=1S/C15H21N3O2.HI/c1-5-10-17-15(16-3)18-11-12(2)20-14-9-7-6-8-13(14)19-4;/h1,6-9,12H,10-11H2,2-4H3,(H2,16,17,18);1H.